The summed E-state index contributed by atoms with van der Waals surface area (Å²) in [4.78, 5) is 10.9. The highest BCUT2D eigenvalue weighted by Gasteiger charge is 2.18. The third kappa shape index (κ3) is 4.18. The van der Waals surface area contributed by atoms with Gasteiger partial charge in [-0.2, -0.15) is 0 Å². The van der Waals surface area contributed by atoms with Crippen LogP contribution in [0.25, 0.3) is 0 Å². The maximum Gasteiger partial charge on any atom is 0.338 e. The fraction of sp³-hybridized carbons (Fsp3) is 0.533. The zero-order chi connectivity index (χ0) is 15.3. The van der Waals surface area contributed by atoms with Gasteiger partial charge in [-0.05, 0) is 24.8 Å². The Balaban J connectivity index is 2.95. The van der Waals surface area contributed by atoms with E-state index < -0.39 is 23.2 Å². The Morgan fingerprint density at radius 2 is 1.90 bits per heavy atom. The van der Waals surface area contributed by atoms with Crippen LogP contribution in [-0.2, 0) is 0 Å². The summed E-state index contributed by atoms with van der Waals surface area (Å²) in [5.74, 6) is -2.75. The topological polar surface area (TPSA) is 49.3 Å². The molecule has 0 aliphatic carbocycles. The van der Waals surface area contributed by atoms with Crippen LogP contribution in [-0.4, -0.2) is 17.1 Å². The van der Waals surface area contributed by atoms with Gasteiger partial charge >= 0.3 is 5.97 Å². The van der Waals surface area contributed by atoms with E-state index in [1.54, 1.807) is 0 Å². The number of carboxylic acids is 1. The Morgan fingerprint density at radius 3 is 2.40 bits per heavy atom. The Bertz CT molecular complexity index is 477. The Kier molecular flexibility index (Phi) is 5.92. The lowest BCUT2D eigenvalue weighted by molar-refractivity contribution is 0.0692. The summed E-state index contributed by atoms with van der Waals surface area (Å²) in [7, 11) is 0. The molecule has 3 nitrogen and oxygen atoms in total. The molecule has 0 aliphatic rings. The molecule has 0 saturated heterocycles. The highest BCUT2D eigenvalue weighted by molar-refractivity contribution is 5.89. The third-order valence-corrected chi connectivity index (χ3v) is 3.52. The number of hydrogen-bond acceptors (Lipinski definition) is 2. The van der Waals surface area contributed by atoms with Crippen molar-refractivity contribution in [3.63, 3.8) is 0 Å². The molecular weight excluding hydrogens is 264 g/mol. The molecule has 1 aromatic rings. The second-order valence-electron chi connectivity index (χ2n) is 5.12. The quantitative estimate of drug-likeness (QED) is 0.785. The Hall–Kier alpha value is -1.65. The van der Waals surface area contributed by atoms with Crippen LogP contribution in [0.15, 0.2) is 12.1 Å². The first-order valence-corrected chi connectivity index (χ1v) is 6.87. The normalized spacial score (nSPS) is 13.8. The average Bonchev–Trinajstić information content (AvgIpc) is 2.39. The van der Waals surface area contributed by atoms with Gasteiger partial charge in [-0.15, -0.1) is 0 Å². The van der Waals surface area contributed by atoms with E-state index >= 15 is 0 Å². The summed E-state index contributed by atoms with van der Waals surface area (Å²) < 4.78 is 27.0. The monoisotopic (exact) mass is 285 g/mol. The summed E-state index contributed by atoms with van der Waals surface area (Å²) in [5, 5.41) is 11.8. The number of carbonyl (C=O) groups is 1. The van der Waals surface area contributed by atoms with E-state index in [0.29, 0.717) is 12.0 Å². The van der Waals surface area contributed by atoms with Gasteiger partial charge < -0.3 is 10.4 Å². The highest BCUT2D eigenvalue weighted by atomic mass is 19.1. The van der Waals surface area contributed by atoms with E-state index in [9.17, 15) is 13.6 Å². The fourth-order valence-corrected chi connectivity index (χ4v) is 2.02. The van der Waals surface area contributed by atoms with Crippen LogP contribution in [0, 0.1) is 17.6 Å². The lowest BCUT2D eigenvalue weighted by atomic mass is 9.97. The number of carboxylic acid groups (broad SMARTS) is 1. The molecule has 0 radical (unpaired) electrons. The summed E-state index contributed by atoms with van der Waals surface area (Å²) in [6.45, 7) is 6.16. The van der Waals surface area contributed by atoms with E-state index in [2.05, 4.69) is 19.2 Å². The number of anilines is 1. The van der Waals surface area contributed by atoms with Crippen LogP contribution in [0.5, 0.6) is 0 Å². The molecule has 0 spiro atoms. The number of benzene rings is 1. The molecule has 2 unspecified atom stereocenters. The van der Waals surface area contributed by atoms with Gasteiger partial charge in [0.25, 0.3) is 0 Å². The van der Waals surface area contributed by atoms with Gasteiger partial charge in [0, 0.05) is 12.1 Å². The molecule has 2 atom stereocenters. The van der Waals surface area contributed by atoms with Crippen molar-refractivity contribution in [2.24, 2.45) is 5.92 Å². The molecule has 1 rings (SSSR count). The van der Waals surface area contributed by atoms with Crippen LogP contribution in [0.3, 0.4) is 0 Å². The first kappa shape index (κ1) is 16.4. The molecule has 0 bridgehead atoms. The molecular formula is C15H21F2NO2. The summed E-state index contributed by atoms with van der Waals surface area (Å²) >= 11 is 0. The molecule has 0 heterocycles. The van der Waals surface area contributed by atoms with E-state index in [-0.39, 0.29) is 11.7 Å². The Labute approximate surface area is 118 Å². The average molecular weight is 285 g/mol. The van der Waals surface area contributed by atoms with Crippen molar-refractivity contribution < 1.29 is 18.7 Å². The maximum absolute atomic E-state index is 13.7. The fourth-order valence-electron chi connectivity index (χ4n) is 2.02. The van der Waals surface area contributed by atoms with Crippen molar-refractivity contribution in [1.29, 1.82) is 0 Å². The number of nitrogens with one attached hydrogen (secondary N) is 1. The molecule has 0 amide bonds. The molecule has 0 aromatic heterocycles. The Morgan fingerprint density at radius 1 is 1.25 bits per heavy atom. The molecule has 0 aliphatic heterocycles. The van der Waals surface area contributed by atoms with Gasteiger partial charge in [0.1, 0.15) is 11.6 Å². The molecule has 0 fully saturated rings. The number of halogens is 2. The molecule has 0 saturated carbocycles. The van der Waals surface area contributed by atoms with Crippen LogP contribution in [0.4, 0.5) is 14.5 Å². The van der Waals surface area contributed by atoms with Crippen LogP contribution in [0.1, 0.15) is 50.4 Å². The van der Waals surface area contributed by atoms with Crippen molar-refractivity contribution in [2.45, 2.75) is 46.1 Å². The lowest BCUT2D eigenvalue weighted by Crippen LogP contribution is -2.22. The predicted octanol–water partition coefficient (Wildman–Crippen LogP) is 4.29. The van der Waals surface area contributed by atoms with Gasteiger partial charge in [0.2, 0.25) is 0 Å². The van der Waals surface area contributed by atoms with Crippen molar-refractivity contribution in [3.05, 3.63) is 29.3 Å². The van der Waals surface area contributed by atoms with E-state index in [1.165, 1.54) is 0 Å². The molecule has 20 heavy (non-hydrogen) atoms. The minimum Gasteiger partial charge on any atom is -0.478 e. The first-order valence-electron chi connectivity index (χ1n) is 6.87. The van der Waals surface area contributed by atoms with Crippen LogP contribution < -0.4 is 5.32 Å². The molecule has 5 heteroatoms. The predicted molar refractivity (Wildman–Crippen MR) is 75.1 cm³/mol. The third-order valence-electron chi connectivity index (χ3n) is 3.52. The lowest BCUT2D eigenvalue weighted by Gasteiger charge is -2.22. The van der Waals surface area contributed by atoms with Gasteiger partial charge in [-0.1, -0.05) is 27.2 Å². The van der Waals surface area contributed by atoms with E-state index in [1.807, 2.05) is 6.92 Å². The minimum absolute atomic E-state index is 0.0338. The van der Waals surface area contributed by atoms with Crippen molar-refractivity contribution in [1.82, 2.24) is 0 Å². The van der Waals surface area contributed by atoms with Crippen LogP contribution in [0.2, 0.25) is 0 Å². The van der Waals surface area contributed by atoms with Crippen LogP contribution >= 0.6 is 0 Å². The van der Waals surface area contributed by atoms with Gasteiger partial charge in [0.15, 0.2) is 0 Å². The molecule has 2 N–H and O–H groups in total. The maximum atomic E-state index is 13.7. The summed E-state index contributed by atoms with van der Waals surface area (Å²) in [6, 6.07) is 1.67. The van der Waals surface area contributed by atoms with Gasteiger partial charge in [-0.3, -0.25) is 0 Å². The largest absolute Gasteiger partial charge is 0.478 e. The van der Waals surface area contributed by atoms with E-state index in [0.717, 1.165) is 25.3 Å². The number of rotatable bonds is 7. The SMILES string of the molecule is CCC(C)CC(CC)Nc1cc(C(=O)O)c(F)cc1F. The summed E-state index contributed by atoms with van der Waals surface area (Å²) in [5.41, 5.74) is -0.480. The second-order valence-corrected chi connectivity index (χ2v) is 5.12. The zero-order valence-corrected chi connectivity index (χ0v) is 12.0. The van der Waals surface area contributed by atoms with Crippen molar-refractivity contribution in [3.8, 4) is 0 Å². The van der Waals surface area contributed by atoms with Crippen molar-refractivity contribution >= 4 is 11.7 Å². The smallest absolute Gasteiger partial charge is 0.338 e. The van der Waals surface area contributed by atoms with Gasteiger partial charge in [-0.25, -0.2) is 13.6 Å². The highest BCUT2D eigenvalue weighted by Crippen LogP contribution is 2.23. The molecule has 112 valence electrons. The minimum atomic E-state index is -1.40. The second kappa shape index (κ2) is 7.22. The zero-order valence-electron chi connectivity index (χ0n) is 12.0. The van der Waals surface area contributed by atoms with E-state index in [4.69, 9.17) is 5.11 Å². The summed E-state index contributed by atoms with van der Waals surface area (Å²) in [6.07, 6.45) is 2.65. The number of hydrogen-bond donors (Lipinski definition) is 2. The standard InChI is InChI=1S/C15H21F2NO2/c1-4-9(3)6-10(5-2)18-14-7-11(15(19)20)12(16)8-13(14)17/h7-10,18H,4-6H2,1-3H3,(H,19,20). The first-order chi connectivity index (χ1) is 9.38. The van der Waals surface area contributed by atoms with Crippen molar-refractivity contribution in [2.75, 3.05) is 5.32 Å². The molecule has 1 aromatic carbocycles. The van der Waals surface area contributed by atoms with Gasteiger partial charge in [0.05, 0.1) is 11.3 Å². The number of aromatic carboxylic acids is 1.